The van der Waals surface area contributed by atoms with Crippen LogP contribution < -0.4 is 0 Å². The van der Waals surface area contributed by atoms with Crippen LogP contribution in [0.25, 0.3) is 0 Å². The van der Waals surface area contributed by atoms with Gasteiger partial charge in [-0.3, -0.25) is 14.5 Å². The molecule has 1 atom stereocenters. The number of piperidine rings is 1. The van der Waals surface area contributed by atoms with Crippen LogP contribution >= 0.6 is 0 Å². The standard InChI is InChI=1S/C24H33N3O5/c1-24(2,3)32-27-12-10-19(15-21(27)17-28)9-11-25-13-14-26(16-22(25)29)23(30)31-18-20-7-5-4-6-8-20/h4-8,19H,9-16,18H2,1-3H3. The fourth-order valence-corrected chi connectivity index (χ4v) is 3.93. The summed E-state index contributed by atoms with van der Waals surface area (Å²) in [5, 5.41) is 1.66. The van der Waals surface area contributed by atoms with Crippen molar-refractivity contribution in [3.05, 3.63) is 41.6 Å². The maximum Gasteiger partial charge on any atom is 0.410 e. The maximum absolute atomic E-state index is 12.6. The number of piperazine rings is 1. The molecule has 2 fully saturated rings. The Hall–Kier alpha value is -2.83. The second-order valence-corrected chi connectivity index (χ2v) is 9.34. The Morgan fingerprint density at radius 1 is 1.16 bits per heavy atom. The molecular formula is C24H33N3O5. The lowest BCUT2D eigenvalue weighted by atomic mass is 9.92. The van der Waals surface area contributed by atoms with E-state index < -0.39 is 6.09 Å². The summed E-state index contributed by atoms with van der Waals surface area (Å²) in [5.74, 6) is 2.25. The third kappa shape index (κ3) is 6.84. The van der Waals surface area contributed by atoms with Crippen molar-refractivity contribution in [2.75, 3.05) is 32.7 Å². The number of carbonyl (C=O) groups excluding carboxylic acids is 3. The van der Waals surface area contributed by atoms with Crippen LogP contribution in [0.1, 0.15) is 45.6 Å². The number of carbonyl (C=O) groups is 2. The summed E-state index contributed by atoms with van der Waals surface area (Å²) in [7, 11) is 0. The number of hydrogen-bond donors (Lipinski definition) is 0. The maximum atomic E-state index is 12.6. The number of ether oxygens (including phenoxy) is 1. The van der Waals surface area contributed by atoms with Crippen molar-refractivity contribution in [2.45, 2.75) is 52.2 Å². The largest absolute Gasteiger partial charge is 0.445 e. The lowest BCUT2D eigenvalue weighted by Gasteiger charge is -2.38. The van der Waals surface area contributed by atoms with Gasteiger partial charge in [-0.05, 0) is 45.1 Å². The zero-order valence-electron chi connectivity index (χ0n) is 19.2. The molecule has 0 aromatic heterocycles. The van der Waals surface area contributed by atoms with Gasteiger partial charge in [-0.25, -0.2) is 14.7 Å². The van der Waals surface area contributed by atoms with Gasteiger partial charge in [-0.1, -0.05) is 30.3 Å². The minimum Gasteiger partial charge on any atom is -0.445 e. The number of benzene rings is 1. The van der Waals surface area contributed by atoms with Gasteiger partial charge in [0.25, 0.3) is 0 Å². The predicted octanol–water partition coefficient (Wildman–Crippen LogP) is 3.02. The number of nitrogens with zero attached hydrogens (tertiary/aromatic N) is 3. The zero-order chi connectivity index (χ0) is 23.1. The highest BCUT2D eigenvalue weighted by Crippen LogP contribution is 2.29. The van der Waals surface area contributed by atoms with E-state index in [9.17, 15) is 14.4 Å². The Morgan fingerprint density at radius 2 is 1.91 bits per heavy atom. The number of rotatable bonds is 6. The lowest BCUT2D eigenvalue weighted by Crippen LogP contribution is -2.52. The molecule has 32 heavy (non-hydrogen) atoms. The molecule has 2 saturated heterocycles. The number of hydroxylamine groups is 2. The van der Waals surface area contributed by atoms with Gasteiger partial charge in [-0.2, -0.15) is 0 Å². The molecule has 0 spiro atoms. The van der Waals surface area contributed by atoms with Gasteiger partial charge in [0.05, 0.1) is 5.60 Å². The molecule has 174 valence electrons. The molecule has 0 saturated carbocycles. The minimum absolute atomic E-state index is 0.0327. The van der Waals surface area contributed by atoms with E-state index in [4.69, 9.17) is 9.57 Å². The van der Waals surface area contributed by atoms with E-state index in [1.54, 1.807) is 9.96 Å². The molecule has 2 aliphatic heterocycles. The highest BCUT2D eigenvalue weighted by Gasteiger charge is 2.31. The summed E-state index contributed by atoms with van der Waals surface area (Å²) in [6.45, 7) is 8.27. The summed E-state index contributed by atoms with van der Waals surface area (Å²) in [6.07, 6.45) is 1.83. The third-order valence-electron chi connectivity index (χ3n) is 5.61. The Labute approximate surface area is 189 Å². The van der Waals surface area contributed by atoms with E-state index in [0.717, 1.165) is 18.4 Å². The summed E-state index contributed by atoms with van der Waals surface area (Å²) in [5.41, 5.74) is 1.07. The van der Waals surface area contributed by atoms with Crippen molar-refractivity contribution >= 4 is 17.9 Å². The Kier molecular flexibility index (Phi) is 7.94. The van der Waals surface area contributed by atoms with Crippen LogP contribution in [0.2, 0.25) is 0 Å². The first-order valence-electron chi connectivity index (χ1n) is 11.2. The zero-order valence-corrected chi connectivity index (χ0v) is 19.2. The quantitative estimate of drug-likeness (QED) is 0.629. The van der Waals surface area contributed by atoms with Gasteiger partial charge >= 0.3 is 6.09 Å². The first-order valence-corrected chi connectivity index (χ1v) is 11.2. The van der Waals surface area contributed by atoms with Crippen molar-refractivity contribution in [3.8, 4) is 0 Å². The molecule has 2 heterocycles. The summed E-state index contributed by atoms with van der Waals surface area (Å²) < 4.78 is 5.34. The Balaban J connectivity index is 1.41. The average molecular weight is 444 g/mol. The molecule has 1 aromatic carbocycles. The Bertz CT molecular complexity index is 845. The van der Waals surface area contributed by atoms with Gasteiger partial charge in [0.2, 0.25) is 5.91 Å². The molecule has 8 nitrogen and oxygen atoms in total. The molecule has 2 aliphatic rings. The van der Waals surface area contributed by atoms with Crippen LogP contribution in [-0.4, -0.2) is 71.1 Å². The monoisotopic (exact) mass is 443 g/mol. The van der Waals surface area contributed by atoms with Crippen LogP contribution in [0, 0.1) is 5.92 Å². The lowest BCUT2D eigenvalue weighted by molar-refractivity contribution is -0.215. The fourth-order valence-electron chi connectivity index (χ4n) is 3.93. The molecule has 0 bridgehead atoms. The van der Waals surface area contributed by atoms with E-state index >= 15 is 0 Å². The molecular weight excluding hydrogens is 410 g/mol. The Morgan fingerprint density at radius 3 is 2.56 bits per heavy atom. The smallest absolute Gasteiger partial charge is 0.410 e. The molecule has 0 N–H and O–H groups in total. The molecule has 0 radical (unpaired) electrons. The summed E-state index contributed by atoms with van der Waals surface area (Å²) >= 11 is 0. The van der Waals surface area contributed by atoms with Crippen molar-refractivity contribution < 1.29 is 24.0 Å². The van der Waals surface area contributed by atoms with E-state index in [-0.39, 0.29) is 24.7 Å². The molecule has 3 rings (SSSR count). The van der Waals surface area contributed by atoms with Crippen LogP contribution in [0.4, 0.5) is 4.79 Å². The second-order valence-electron chi connectivity index (χ2n) is 9.34. The van der Waals surface area contributed by atoms with E-state index in [1.165, 1.54) is 4.90 Å². The molecule has 1 aromatic rings. The number of hydrogen-bond acceptors (Lipinski definition) is 6. The van der Waals surface area contributed by atoms with Crippen molar-refractivity contribution in [3.63, 3.8) is 0 Å². The van der Waals surface area contributed by atoms with E-state index in [0.29, 0.717) is 44.2 Å². The predicted molar refractivity (Wildman–Crippen MR) is 119 cm³/mol. The fraction of sp³-hybridized carbons (Fsp3) is 0.583. The van der Waals surface area contributed by atoms with Gasteiger partial charge < -0.3 is 9.64 Å². The summed E-state index contributed by atoms with van der Waals surface area (Å²) in [4.78, 5) is 45.4. The van der Waals surface area contributed by atoms with Gasteiger partial charge in [-0.15, -0.1) is 0 Å². The summed E-state index contributed by atoms with van der Waals surface area (Å²) in [6, 6.07) is 9.46. The number of allylic oxidation sites excluding steroid dienone is 1. The highest BCUT2D eigenvalue weighted by molar-refractivity contribution is 5.83. The van der Waals surface area contributed by atoms with Gasteiger partial charge in [0.1, 0.15) is 24.8 Å². The first-order chi connectivity index (χ1) is 15.2. The van der Waals surface area contributed by atoms with Crippen molar-refractivity contribution in [1.29, 1.82) is 0 Å². The first kappa shape index (κ1) is 23.8. The van der Waals surface area contributed by atoms with E-state index in [1.807, 2.05) is 57.0 Å². The van der Waals surface area contributed by atoms with E-state index in [2.05, 4.69) is 0 Å². The molecule has 0 aliphatic carbocycles. The van der Waals surface area contributed by atoms with Crippen molar-refractivity contribution in [1.82, 2.24) is 14.9 Å². The van der Waals surface area contributed by atoms with Gasteiger partial charge in [0.15, 0.2) is 0 Å². The van der Waals surface area contributed by atoms with Crippen LogP contribution in [0.15, 0.2) is 36.0 Å². The minimum atomic E-state index is -0.464. The van der Waals surface area contributed by atoms with Gasteiger partial charge in [0, 0.05) is 32.6 Å². The third-order valence-corrected chi connectivity index (χ3v) is 5.61. The average Bonchev–Trinajstić information content (AvgIpc) is 2.77. The SMILES string of the molecule is CC(C)(C)ON1CCC(CCN2CCN(C(=O)OCc3ccccc3)CC2=O)CC1=C=O. The molecule has 2 amide bonds. The second kappa shape index (κ2) is 10.7. The van der Waals surface area contributed by atoms with Crippen LogP contribution in [0.5, 0.6) is 0 Å². The van der Waals surface area contributed by atoms with Crippen LogP contribution in [0.3, 0.4) is 0 Å². The number of amides is 2. The van der Waals surface area contributed by atoms with Crippen molar-refractivity contribution in [2.24, 2.45) is 5.92 Å². The van der Waals surface area contributed by atoms with Crippen LogP contribution in [-0.2, 0) is 25.8 Å². The topological polar surface area (TPSA) is 79.4 Å². The molecule has 1 unspecified atom stereocenters. The normalized spacial score (nSPS) is 19.7. The highest BCUT2D eigenvalue weighted by atomic mass is 16.7. The molecule has 8 heteroatoms.